The standard InChI is InChI=1S/C40H50F2O10/c1-35(41,42)32(45)51-39-12-23-8-28(17-39)40(29(9-23)18-39)50-3-2-38(52-40,19-48-33(46)36-10-21-4-24(13-36)30(43)25(5-21)14-36)20-49-34(47)37-11-22-6-26(15-37)31(44)27(7-22)16-37/h21-29H,2-20H2,1H3. The number of alkyl halides is 2. The van der Waals surface area contributed by atoms with Crippen molar-refractivity contribution in [2.24, 2.45) is 64.1 Å². The average molecular weight is 729 g/mol. The maximum atomic E-state index is 14.2. The molecule has 0 radical (unpaired) electrons. The minimum atomic E-state index is -3.60. The summed E-state index contributed by atoms with van der Waals surface area (Å²) in [6.45, 7) is 0.517. The molecular formula is C40H50F2O10. The van der Waals surface area contributed by atoms with Gasteiger partial charge in [-0.3, -0.25) is 19.2 Å². The van der Waals surface area contributed by atoms with Crippen molar-refractivity contribution in [2.75, 3.05) is 19.8 Å². The van der Waals surface area contributed by atoms with Crippen LogP contribution in [0.2, 0.25) is 0 Å². The van der Waals surface area contributed by atoms with E-state index in [-0.39, 0.29) is 84.8 Å². The zero-order valence-corrected chi connectivity index (χ0v) is 30.0. The lowest BCUT2D eigenvalue weighted by atomic mass is 9.49. The van der Waals surface area contributed by atoms with Crippen molar-refractivity contribution in [3.63, 3.8) is 0 Å². The highest BCUT2D eigenvalue weighted by molar-refractivity contribution is 5.90. The monoisotopic (exact) mass is 728 g/mol. The SMILES string of the molecule is CC(F)(F)C(=O)OC12CC3CC(C1)C1(OCCC(COC(=O)C45CC6CC(C4)C(=O)C(C6)C5)(COC(=O)C45CC6CC(C4)C(=O)C(C6)C5)O1)C(C3)C2. The Balaban J connectivity index is 0.917. The molecule has 0 amide bonds. The van der Waals surface area contributed by atoms with E-state index >= 15 is 0 Å². The van der Waals surface area contributed by atoms with Crippen LogP contribution in [0, 0.1) is 64.1 Å². The number of carbonyl (C=O) groups excluding carboxylic acids is 5. The fourth-order valence-corrected chi connectivity index (χ4v) is 14.4. The molecule has 12 bridgehead atoms. The second kappa shape index (κ2) is 11.1. The molecule has 6 atom stereocenters. The van der Waals surface area contributed by atoms with E-state index in [1.165, 1.54) is 0 Å². The second-order valence-electron chi connectivity index (χ2n) is 19.6. The molecule has 0 N–H and O–H groups in total. The van der Waals surface area contributed by atoms with E-state index in [0.29, 0.717) is 70.1 Å². The van der Waals surface area contributed by atoms with Gasteiger partial charge in [-0.05, 0) is 114 Å². The Kier molecular flexibility index (Phi) is 7.25. The van der Waals surface area contributed by atoms with Gasteiger partial charge in [0.25, 0.3) is 0 Å². The van der Waals surface area contributed by atoms with Crippen molar-refractivity contribution in [2.45, 2.75) is 133 Å². The van der Waals surface area contributed by atoms with Crippen LogP contribution in [0.15, 0.2) is 0 Å². The predicted molar refractivity (Wildman–Crippen MR) is 174 cm³/mol. The molecule has 1 aliphatic heterocycles. The van der Waals surface area contributed by atoms with Gasteiger partial charge in [0.05, 0.1) is 17.4 Å². The van der Waals surface area contributed by atoms with Crippen molar-refractivity contribution in [1.29, 1.82) is 0 Å². The molecule has 1 spiro atoms. The lowest BCUT2D eigenvalue weighted by Gasteiger charge is -2.65. The van der Waals surface area contributed by atoms with Crippen molar-refractivity contribution in [3.8, 4) is 0 Å². The number of ether oxygens (including phenoxy) is 5. The molecule has 52 heavy (non-hydrogen) atoms. The Hall–Kier alpha value is -2.47. The molecule has 12 saturated carbocycles. The van der Waals surface area contributed by atoms with Gasteiger partial charge in [-0.25, -0.2) is 4.79 Å². The first-order valence-corrected chi connectivity index (χ1v) is 20.0. The van der Waals surface area contributed by atoms with Gasteiger partial charge in [0.2, 0.25) is 0 Å². The van der Waals surface area contributed by atoms with E-state index in [1.54, 1.807) is 0 Å². The quantitative estimate of drug-likeness (QED) is 0.233. The minimum absolute atomic E-state index is 0.0920. The van der Waals surface area contributed by atoms with E-state index in [1.807, 2.05) is 0 Å². The molecule has 13 rings (SSSR count). The molecule has 12 aliphatic carbocycles. The summed E-state index contributed by atoms with van der Waals surface area (Å²) in [7, 11) is 0. The van der Waals surface area contributed by atoms with Gasteiger partial charge in [-0.2, -0.15) is 8.78 Å². The first-order valence-electron chi connectivity index (χ1n) is 20.0. The van der Waals surface area contributed by atoms with Gasteiger partial charge < -0.3 is 23.7 Å². The highest BCUT2D eigenvalue weighted by Gasteiger charge is 2.69. The molecule has 13 fully saturated rings. The number of hydrogen-bond acceptors (Lipinski definition) is 10. The molecule has 6 unspecified atom stereocenters. The predicted octanol–water partition coefficient (Wildman–Crippen LogP) is 5.51. The summed E-state index contributed by atoms with van der Waals surface area (Å²) in [5.74, 6) is -6.34. The molecule has 1 saturated heterocycles. The van der Waals surface area contributed by atoms with E-state index < -0.39 is 39.7 Å². The van der Waals surface area contributed by atoms with Crippen LogP contribution >= 0.6 is 0 Å². The van der Waals surface area contributed by atoms with E-state index in [4.69, 9.17) is 23.7 Å². The van der Waals surface area contributed by atoms with Crippen LogP contribution in [-0.4, -0.2) is 72.2 Å². The smallest absolute Gasteiger partial charge is 0.377 e. The topological polar surface area (TPSA) is 132 Å². The van der Waals surface area contributed by atoms with Gasteiger partial charge in [0.1, 0.15) is 36.0 Å². The highest BCUT2D eigenvalue weighted by atomic mass is 19.3. The molecular weight excluding hydrogens is 678 g/mol. The first kappa shape index (κ1) is 34.1. The van der Waals surface area contributed by atoms with Crippen LogP contribution in [0.3, 0.4) is 0 Å². The Labute approximate surface area is 302 Å². The van der Waals surface area contributed by atoms with Crippen molar-refractivity contribution >= 4 is 29.5 Å². The summed E-state index contributed by atoms with van der Waals surface area (Å²) in [5.41, 5.74) is -3.64. The van der Waals surface area contributed by atoms with Gasteiger partial charge in [-0.15, -0.1) is 0 Å². The minimum Gasteiger partial charge on any atom is -0.462 e. The van der Waals surface area contributed by atoms with Gasteiger partial charge in [0.15, 0.2) is 5.79 Å². The summed E-state index contributed by atoms with van der Waals surface area (Å²) >= 11 is 0. The molecule has 0 aromatic carbocycles. The molecule has 12 heteroatoms. The van der Waals surface area contributed by atoms with Crippen LogP contribution in [0.25, 0.3) is 0 Å². The maximum absolute atomic E-state index is 14.2. The van der Waals surface area contributed by atoms with Gasteiger partial charge in [-0.1, -0.05) is 0 Å². The Morgan fingerprint density at radius 1 is 0.692 bits per heavy atom. The molecule has 0 aromatic heterocycles. The van der Waals surface area contributed by atoms with Crippen LogP contribution in [0.1, 0.15) is 110 Å². The summed E-state index contributed by atoms with van der Waals surface area (Å²) in [5, 5.41) is 0. The zero-order chi connectivity index (χ0) is 36.1. The zero-order valence-electron chi connectivity index (χ0n) is 30.0. The number of halogens is 2. The molecule has 0 aromatic rings. The maximum Gasteiger partial charge on any atom is 0.377 e. The lowest BCUT2D eigenvalue weighted by Crippen LogP contribution is -2.71. The second-order valence-corrected chi connectivity index (χ2v) is 19.6. The molecule has 10 nitrogen and oxygen atoms in total. The number of rotatable bonds is 8. The number of esters is 3. The third-order valence-corrected chi connectivity index (χ3v) is 16.0. The summed E-state index contributed by atoms with van der Waals surface area (Å²) in [6, 6.07) is 0. The molecule has 1 heterocycles. The third kappa shape index (κ3) is 5.00. The summed E-state index contributed by atoms with van der Waals surface area (Å²) < 4.78 is 60.0. The lowest BCUT2D eigenvalue weighted by molar-refractivity contribution is -0.416. The Morgan fingerprint density at radius 2 is 1.15 bits per heavy atom. The fourth-order valence-electron chi connectivity index (χ4n) is 14.4. The number of Topliss-reactive ketones (excluding diaryl/α,β-unsaturated/α-hetero) is 2. The van der Waals surface area contributed by atoms with E-state index in [0.717, 1.165) is 51.4 Å². The number of carbonyl (C=O) groups is 5. The van der Waals surface area contributed by atoms with Gasteiger partial charge in [0, 0.05) is 48.9 Å². The van der Waals surface area contributed by atoms with E-state index in [9.17, 15) is 32.8 Å². The van der Waals surface area contributed by atoms with Crippen LogP contribution in [0.5, 0.6) is 0 Å². The summed E-state index contributed by atoms with van der Waals surface area (Å²) in [6.07, 6.45) is 9.79. The largest absolute Gasteiger partial charge is 0.462 e. The first-order chi connectivity index (χ1) is 24.6. The van der Waals surface area contributed by atoms with Crippen molar-refractivity contribution < 1.29 is 56.4 Å². The fraction of sp³-hybridized carbons (Fsp3) is 0.875. The van der Waals surface area contributed by atoms with Crippen molar-refractivity contribution in [1.82, 2.24) is 0 Å². The normalized spacial score (nSPS) is 50.6. The third-order valence-electron chi connectivity index (χ3n) is 16.0. The summed E-state index contributed by atoms with van der Waals surface area (Å²) in [4.78, 5) is 66.5. The van der Waals surface area contributed by atoms with Gasteiger partial charge >= 0.3 is 23.8 Å². The molecule has 284 valence electrons. The van der Waals surface area contributed by atoms with Crippen LogP contribution in [0.4, 0.5) is 8.78 Å². The number of ketones is 2. The van der Waals surface area contributed by atoms with Crippen molar-refractivity contribution in [3.05, 3.63) is 0 Å². The van der Waals surface area contributed by atoms with Crippen LogP contribution in [-0.2, 0) is 47.7 Å². The molecule has 13 aliphatic rings. The average Bonchev–Trinajstić information content (AvgIpc) is 3.08. The number of hydrogen-bond donors (Lipinski definition) is 0. The Morgan fingerprint density at radius 3 is 1.62 bits per heavy atom. The van der Waals surface area contributed by atoms with E-state index in [2.05, 4.69) is 0 Å². The highest BCUT2D eigenvalue weighted by Crippen LogP contribution is 2.65. The van der Waals surface area contributed by atoms with Crippen LogP contribution < -0.4 is 0 Å². The Bertz CT molecular complexity index is 1490.